The zero-order chi connectivity index (χ0) is 18.6. The second-order valence-electron chi connectivity index (χ2n) is 8.54. The van der Waals surface area contributed by atoms with Crippen LogP contribution in [0.4, 0.5) is 0 Å². The highest BCUT2D eigenvalue weighted by Crippen LogP contribution is 2.42. The molecule has 0 aliphatic carbocycles. The molecule has 3 aliphatic heterocycles. The lowest BCUT2D eigenvalue weighted by Gasteiger charge is -2.31. The molecule has 144 valence electrons. The van der Waals surface area contributed by atoms with Gasteiger partial charge in [0.2, 0.25) is 0 Å². The van der Waals surface area contributed by atoms with Gasteiger partial charge in [-0.1, -0.05) is 6.92 Å². The third-order valence-corrected chi connectivity index (χ3v) is 5.10. The number of esters is 1. The van der Waals surface area contributed by atoms with E-state index in [4.69, 9.17) is 28.4 Å². The van der Waals surface area contributed by atoms with Crippen molar-refractivity contribution in [2.45, 2.75) is 97.2 Å². The smallest absolute Gasteiger partial charge is 0.311 e. The van der Waals surface area contributed by atoms with E-state index in [9.17, 15) is 4.79 Å². The van der Waals surface area contributed by atoms with Crippen LogP contribution in [-0.4, -0.2) is 54.9 Å². The number of fused-ring (bicyclic) bond motifs is 1. The molecular formula is C18H30O7. The van der Waals surface area contributed by atoms with Gasteiger partial charge in [-0.3, -0.25) is 4.79 Å². The Kier molecular flexibility index (Phi) is 4.70. The predicted octanol–water partition coefficient (Wildman–Crippen LogP) is 2.36. The molecule has 5 atom stereocenters. The largest absolute Gasteiger partial charge is 0.456 e. The monoisotopic (exact) mass is 358 g/mol. The summed E-state index contributed by atoms with van der Waals surface area (Å²) in [6, 6.07) is 0. The van der Waals surface area contributed by atoms with E-state index in [-0.39, 0.29) is 12.1 Å². The molecule has 0 radical (unpaired) electrons. The lowest BCUT2D eigenvalue weighted by Crippen LogP contribution is -2.46. The molecule has 3 aliphatic rings. The predicted molar refractivity (Wildman–Crippen MR) is 87.6 cm³/mol. The van der Waals surface area contributed by atoms with Gasteiger partial charge in [-0.25, -0.2) is 0 Å². The Morgan fingerprint density at radius 2 is 1.76 bits per heavy atom. The highest BCUT2D eigenvalue weighted by molar-refractivity contribution is 5.76. The van der Waals surface area contributed by atoms with Crippen molar-refractivity contribution in [3.05, 3.63) is 0 Å². The number of hydrogen-bond acceptors (Lipinski definition) is 7. The molecule has 3 saturated heterocycles. The van der Waals surface area contributed by atoms with Crippen molar-refractivity contribution in [3.63, 3.8) is 0 Å². The molecule has 7 heteroatoms. The van der Waals surface area contributed by atoms with Gasteiger partial charge in [0, 0.05) is 0 Å². The highest BCUT2D eigenvalue weighted by Gasteiger charge is 2.60. The van der Waals surface area contributed by atoms with Crippen molar-refractivity contribution in [1.29, 1.82) is 0 Å². The van der Waals surface area contributed by atoms with E-state index in [1.54, 1.807) is 0 Å². The SMILES string of the molecule is CCC(C)(C)C(=O)OC1C(C2COC(C)(C)O2)OC2OC(C)(C)OC21. The first-order valence-electron chi connectivity index (χ1n) is 8.98. The summed E-state index contributed by atoms with van der Waals surface area (Å²) in [4.78, 5) is 12.6. The topological polar surface area (TPSA) is 72.5 Å². The van der Waals surface area contributed by atoms with Crippen LogP contribution in [-0.2, 0) is 33.2 Å². The zero-order valence-electron chi connectivity index (χ0n) is 16.2. The van der Waals surface area contributed by atoms with Gasteiger partial charge in [-0.05, 0) is 48.0 Å². The Balaban J connectivity index is 1.79. The second-order valence-corrected chi connectivity index (χ2v) is 8.54. The summed E-state index contributed by atoms with van der Waals surface area (Å²) in [5.41, 5.74) is -0.579. The minimum absolute atomic E-state index is 0.277. The molecule has 0 spiro atoms. The highest BCUT2D eigenvalue weighted by atomic mass is 16.8. The van der Waals surface area contributed by atoms with E-state index in [0.29, 0.717) is 13.0 Å². The van der Waals surface area contributed by atoms with Crippen LogP contribution in [0.2, 0.25) is 0 Å². The first kappa shape index (κ1) is 19.0. The number of carbonyl (C=O) groups is 1. The number of hydrogen-bond donors (Lipinski definition) is 0. The summed E-state index contributed by atoms with van der Waals surface area (Å²) in [5, 5.41) is 0. The number of ether oxygens (including phenoxy) is 6. The fourth-order valence-electron chi connectivity index (χ4n) is 3.24. The minimum atomic E-state index is -0.780. The van der Waals surface area contributed by atoms with Gasteiger partial charge < -0.3 is 28.4 Å². The summed E-state index contributed by atoms with van der Waals surface area (Å²) in [7, 11) is 0. The third-order valence-electron chi connectivity index (χ3n) is 5.10. The molecule has 3 fully saturated rings. The van der Waals surface area contributed by atoms with Crippen molar-refractivity contribution in [2.24, 2.45) is 5.41 Å². The van der Waals surface area contributed by atoms with E-state index < -0.39 is 41.6 Å². The Morgan fingerprint density at radius 3 is 2.32 bits per heavy atom. The van der Waals surface area contributed by atoms with E-state index in [0.717, 1.165) is 0 Å². The van der Waals surface area contributed by atoms with Gasteiger partial charge in [0.15, 0.2) is 30.1 Å². The summed E-state index contributed by atoms with van der Waals surface area (Å²) < 4.78 is 35.2. The summed E-state index contributed by atoms with van der Waals surface area (Å²) in [6.45, 7) is 13.4. The molecule has 0 aromatic rings. The summed E-state index contributed by atoms with van der Waals surface area (Å²) in [6.07, 6.45) is -1.84. The Bertz CT molecular complexity index is 528. The normalized spacial score (nSPS) is 39.4. The van der Waals surface area contributed by atoms with Gasteiger partial charge >= 0.3 is 5.97 Å². The van der Waals surface area contributed by atoms with Gasteiger partial charge in [-0.15, -0.1) is 0 Å². The van der Waals surface area contributed by atoms with Crippen LogP contribution in [0.15, 0.2) is 0 Å². The lowest BCUT2D eigenvalue weighted by molar-refractivity contribution is -0.236. The molecule has 5 unspecified atom stereocenters. The molecule has 0 N–H and O–H groups in total. The van der Waals surface area contributed by atoms with E-state index in [1.807, 2.05) is 48.5 Å². The standard InChI is InChI=1S/C18H30O7/c1-8-16(2,3)15(19)22-12-11(10-9-20-17(4,5)23-10)21-14-13(12)24-18(6,7)25-14/h10-14H,8-9H2,1-7H3. The molecule has 25 heavy (non-hydrogen) atoms. The zero-order valence-corrected chi connectivity index (χ0v) is 16.2. The summed E-state index contributed by atoms with van der Waals surface area (Å²) >= 11 is 0. The summed E-state index contributed by atoms with van der Waals surface area (Å²) in [5.74, 6) is -1.75. The van der Waals surface area contributed by atoms with Gasteiger partial charge in [0.1, 0.15) is 12.2 Å². The van der Waals surface area contributed by atoms with Crippen molar-refractivity contribution in [3.8, 4) is 0 Å². The van der Waals surface area contributed by atoms with Gasteiger partial charge in [0.05, 0.1) is 12.0 Å². The quantitative estimate of drug-likeness (QED) is 0.714. The maximum atomic E-state index is 12.6. The van der Waals surface area contributed by atoms with Gasteiger partial charge in [-0.2, -0.15) is 0 Å². The van der Waals surface area contributed by atoms with Crippen LogP contribution in [0.5, 0.6) is 0 Å². The number of rotatable bonds is 4. The maximum absolute atomic E-state index is 12.6. The van der Waals surface area contributed by atoms with Crippen molar-refractivity contribution < 1.29 is 33.2 Å². The minimum Gasteiger partial charge on any atom is -0.456 e. The van der Waals surface area contributed by atoms with E-state index in [1.165, 1.54) is 0 Å². The van der Waals surface area contributed by atoms with E-state index >= 15 is 0 Å². The average Bonchev–Trinajstić information content (AvgIpc) is 3.09. The maximum Gasteiger partial charge on any atom is 0.311 e. The Hall–Kier alpha value is -0.730. The van der Waals surface area contributed by atoms with Crippen molar-refractivity contribution in [1.82, 2.24) is 0 Å². The van der Waals surface area contributed by atoms with Crippen LogP contribution in [0, 0.1) is 5.41 Å². The van der Waals surface area contributed by atoms with Crippen LogP contribution < -0.4 is 0 Å². The molecule has 0 aromatic heterocycles. The van der Waals surface area contributed by atoms with Crippen LogP contribution >= 0.6 is 0 Å². The van der Waals surface area contributed by atoms with Crippen LogP contribution in [0.1, 0.15) is 54.9 Å². The Labute approximate surface area is 149 Å². The fraction of sp³-hybridized carbons (Fsp3) is 0.944. The second kappa shape index (κ2) is 6.16. The molecular weight excluding hydrogens is 328 g/mol. The first-order chi connectivity index (χ1) is 11.4. The van der Waals surface area contributed by atoms with E-state index in [2.05, 4.69) is 0 Å². The molecule has 0 aromatic carbocycles. The molecule has 3 heterocycles. The van der Waals surface area contributed by atoms with Gasteiger partial charge in [0.25, 0.3) is 0 Å². The molecule has 0 saturated carbocycles. The molecule has 0 amide bonds. The number of carbonyl (C=O) groups excluding carboxylic acids is 1. The van der Waals surface area contributed by atoms with Crippen LogP contribution in [0.3, 0.4) is 0 Å². The van der Waals surface area contributed by atoms with Crippen LogP contribution in [0.25, 0.3) is 0 Å². The molecule has 3 rings (SSSR count). The lowest BCUT2D eigenvalue weighted by atomic mass is 9.90. The molecule has 7 nitrogen and oxygen atoms in total. The first-order valence-corrected chi connectivity index (χ1v) is 8.98. The Morgan fingerprint density at radius 1 is 1.08 bits per heavy atom. The fourth-order valence-corrected chi connectivity index (χ4v) is 3.24. The van der Waals surface area contributed by atoms with Crippen molar-refractivity contribution >= 4 is 5.97 Å². The third kappa shape index (κ3) is 3.71. The average molecular weight is 358 g/mol. The molecule has 0 bridgehead atoms. The van der Waals surface area contributed by atoms with Crippen molar-refractivity contribution in [2.75, 3.05) is 6.61 Å².